The molecule has 3 aromatic carbocycles. The molecule has 0 bridgehead atoms. The predicted octanol–water partition coefficient (Wildman–Crippen LogP) is 2.83. The van der Waals surface area contributed by atoms with E-state index in [9.17, 15) is 10.0 Å². The van der Waals surface area contributed by atoms with Crippen molar-refractivity contribution in [2.75, 3.05) is 0 Å². The molecular formula is C21H21BO4. The van der Waals surface area contributed by atoms with Gasteiger partial charge in [-0.25, -0.2) is 0 Å². The quantitative estimate of drug-likeness (QED) is 0.645. The summed E-state index contributed by atoms with van der Waals surface area (Å²) in [5, 5.41) is 19.4. The molecule has 0 spiro atoms. The summed E-state index contributed by atoms with van der Waals surface area (Å²) in [5.41, 5.74) is 3.11. The van der Waals surface area contributed by atoms with Crippen molar-refractivity contribution in [1.29, 1.82) is 0 Å². The minimum atomic E-state index is -1.61. The Balaban J connectivity index is 1.79. The van der Waals surface area contributed by atoms with Crippen LogP contribution in [0.15, 0.2) is 72.8 Å². The van der Waals surface area contributed by atoms with E-state index in [0.717, 1.165) is 11.1 Å². The van der Waals surface area contributed by atoms with Crippen LogP contribution in [0.2, 0.25) is 0 Å². The highest BCUT2D eigenvalue weighted by Gasteiger charge is 2.21. The molecule has 0 aliphatic rings. The molecule has 0 radical (unpaired) electrons. The van der Waals surface area contributed by atoms with Crippen LogP contribution in [0, 0.1) is 6.92 Å². The van der Waals surface area contributed by atoms with Crippen molar-refractivity contribution >= 4 is 12.6 Å². The monoisotopic (exact) mass is 348 g/mol. The number of benzene rings is 3. The van der Waals surface area contributed by atoms with Gasteiger partial charge in [-0.05, 0) is 29.7 Å². The Morgan fingerprint density at radius 3 is 1.85 bits per heavy atom. The minimum Gasteiger partial charge on any atom is -0.489 e. The zero-order valence-corrected chi connectivity index (χ0v) is 14.6. The van der Waals surface area contributed by atoms with Gasteiger partial charge in [0.1, 0.15) is 24.7 Å². The Kier molecular flexibility index (Phi) is 5.94. The van der Waals surface area contributed by atoms with Crippen LogP contribution in [0.25, 0.3) is 0 Å². The summed E-state index contributed by atoms with van der Waals surface area (Å²) < 4.78 is 11.7. The third-order valence-corrected chi connectivity index (χ3v) is 4.07. The summed E-state index contributed by atoms with van der Waals surface area (Å²) in [4.78, 5) is 0. The molecule has 0 heterocycles. The first-order valence-electron chi connectivity index (χ1n) is 8.47. The molecule has 0 atom stereocenters. The fourth-order valence-corrected chi connectivity index (χ4v) is 2.74. The molecule has 0 saturated carbocycles. The highest BCUT2D eigenvalue weighted by atomic mass is 16.5. The topological polar surface area (TPSA) is 58.9 Å². The zero-order chi connectivity index (χ0) is 18.4. The number of ether oxygens (including phenoxy) is 2. The van der Waals surface area contributed by atoms with Crippen molar-refractivity contribution < 1.29 is 19.5 Å². The van der Waals surface area contributed by atoms with Gasteiger partial charge < -0.3 is 19.5 Å². The van der Waals surface area contributed by atoms with Crippen LogP contribution in [0.5, 0.6) is 11.5 Å². The van der Waals surface area contributed by atoms with Crippen LogP contribution in [0.3, 0.4) is 0 Å². The minimum absolute atomic E-state index is 0.335. The first kappa shape index (κ1) is 18.0. The Bertz CT molecular complexity index is 835. The SMILES string of the molecule is Cc1cc(OCc2ccccc2)cc(OCc2ccccc2)c1B(O)O. The van der Waals surface area contributed by atoms with Crippen molar-refractivity contribution in [2.45, 2.75) is 20.1 Å². The molecule has 3 aromatic rings. The Labute approximate surface area is 153 Å². The van der Waals surface area contributed by atoms with Crippen LogP contribution >= 0.6 is 0 Å². The van der Waals surface area contributed by atoms with Crippen LogP contribution in [0.1, 0.15) is 16.7 Å². The van der Waals surface area contributed by atoms with Gasteiger partial charge in [0.05, 0.1) is 0 Å². The van der Waals surface area contributed by atoms with Gasteiger partial charge >= 0.3 is 7.12 Å². The highest BCUT2D eigenvalue weighted by molar-refractivity contribution is 6.60. The lowest BCUT2D eigenvalue weighted by Crippen LogP contribution is -2.33. The third kappa shape index (κ3) is 4.66. The van der Waals surface area contributed by atoms with Crippen molar-refractivity contribution in [2.24, 2.45) is 0 Å². The maximum atomic E-state index is 9.72. The van der Waals surface area contributed by atoms with Gasteiger partial charge in [0.15, 0.2) is 0 Å². The van der Waals surface area contributed by atoms with E-state index >= 15 is 0 Å². The van der Waals surface area contributed by atoms with E-state index in [2.05, 4.69) is 0 Å². The van der Waals surface area contributed by atoms with E-state index in [1.54, 1.807) is 19.1 Å². The average molecular weight is 348 g/mol. The van der Waals surface area contributed by atoms with E-state index < -0.39 is 7.12 Å². The van der Waals surface area contributed by atoms with E-state index in [4.69, 9.17) is 9.47 Å². The standard InChI is InChI=1S/C21H21BO4/c1-16-12-19(25-14-17-8-4-2-5-9-17)13-20(21(16)22(23)24)26-15-18-10-6-3-7-11-18/h2-13,23-24H,14-15H2,1H3. The van der Waals surface area contributed by atoms with Gasteiger partial charge in [-0.1, -0.05) is 60.7 Å². The van der Waals surface area contributed by atoms with Gasteiger partial charge in [0.25, 0.3) is 0 Å². The molecule has 0 unspecified atom stereocenters. The molecule has 0 aliphatic carbocycles. The second-order valence-corrected chi connectivity index (χ2v) is 6.07. The lowest BCUT2D eigenvalue weighted by atomic mass is 9.76. The van der Waals surface area contributed by atoms with E-state index in [-0.39, 0.29) is 0 Å². The Morgan fingerprint density at radius 1 is 0.769 bits per heavy atom. The maximum Gasteiger partial charge on any atom is 0.492 e. The molecule has 4 nitrogen and oxygen atoms in total. The molecule has 0 amide bonds. The normalized spacial score (nSPS) is 10.4. The van der Waals surface area contributed by atoms with Gasteiger partial charge in [-0.2, -0.15) is 0 Å². The fourth-order valence-electron chi connectivity index (χ4n) is 2.74. The molecule has 0 aliphatic heterocycles. The van der Waals surface area contributed by atoms with Crippen LogP contribution in [-0.2, 0) is 13.2 Å². The molecule has 0 saturated heterocycles. The van der Waals surface area contributed by atoms with E-state index in [1.165, 1.54) is 0 Å². The number of hydrogen-bond donors (Lipinski definition) is 2. The molecule has 2 N–H and O–H groups in total. The first-order valence-corrected chi connectivity index (χ1v) is 8.47. The van der Waals surface area contributed by atoms with E-state index in [0.29, 0.717) is 35.7 Å². The van der Waals surface area contributed by atoms with Crippen molar-refractivity contribution in [3.63, 3.8) is 0 Å². The second kappa shape index (κ2) is 8.56. The smallest absolute Gasteiger partial charge is 0.489 e. The Hall–Kier alpha value is -2.76. The average Bonchev–Trinajstić information content (AvgIpc) is 2.66. The summed E-state index contributed by atoms with van der Waals surface area (Å²) >= 11 is 0. The van der Waals surface area contributed by atoms with Gasteiger partial charge in [0, 0.05) is 11.5 Å². The van der Waals surface area contributed by atoms with Crippen molar-refractivity contribution in [3.05, 3.63) is 89.5 Å². The second-order valence-electron chi connectivity index (χ2n) is 6.07. The first-order chi connectivity index (χ1) is 12.6. The largest absolute Gasteiger partial charge is 0.492 e. The van der Waals surface area contributed by atoms with Crippen molar-refractivity contribution in [1.82, 2.24) is 0 Å². The number of hydrogen-bond acceptors (Lipinski definition) is 4. The molecule has 132 valence electrons. The Morgan fingerprint density at radius 2 is 1.31 bits per heavy atom. The highest BCUT2D eigenvalue weighted by Crippen LogP contribution is 2.23. The van der Waals surface area contributed by atoms with Crippen LogP contribution in [0.4, 0.5) is 0 Å². The molecule has 0 aromatic heterocycles. The lowest BCUT2D eigenvalue weighted by Gasteiger charge is -2.16. The predicted molar refractivity (Wildman–Crippen MR) is 103 cm³/mol. The summed E-state index contributed by atoms with van der Waals surface area (Å²) in [6, 6.07) is 23.1. The summed E-state index contributed by atoms with van der Waals surface area (Å²) in [5.74, 6) is 1.03. The molecule has 3 rings (SSSR count). The van der Waals surface area contributed by atoms with Crippen molar-refractivity contribution in [3.8, 4) is 11.5 Å². The zero-order valence-electron chi connectivity index (χ0n) is 14.6. The molecule has 0 fully saturated rings. The third-order valence-electron chi connectivity index (χ3n) is 4.07. The summed E-state index contributed by atoms with van der Waals surface area (Å²) in [6.45, 7) is 2.57. The summed E-state index contributed by atoms with van der Waals surface area (Å²) in [7, 11) is -1.61. The number of rotatable bonds is 7. The summed E-state index contributed by atoms with van der Waals surface area (Å²) in [6.07, 6.45) is 0. The lowest BCUT2D eigenvalue weighted by molar-refractivity contribution is 0.290. The molecular weight excluding hydrogens is 327 g/mol. The fraction of sp³-hybridized carbons (Fsp3) is 0.143. The molecule has 5 heteroatoms. The maximum absolute atomic E-state index is 9.72. The van der Waals surface area contributed by atoms with Gasteiger partial charge in [-0.15, -0.1) is 0 Å². The number of aryl methyl sites for hydroxylation is 1. The molecule has 26 heavy (non-hydrogen) atoms. The van der Waals surface area contributed by atoms with Gasteiger partial charge in [0.2, 0.25) is 0 Å². The van der Waals surface area contributed by atoms with Gasteiger partial charge in [-0.3, -0.25) is 0 Å². The van der Waals surface area contributed by atoms with Crippen LogP contribution in [-0.4, -0.2) is 17.2 Å². The van der Waals surface area contributed by atoms with Crippen LogP contribution < -0.4 is 14.9 Å². The van der Waals surface area contributed by atoms with E-state index in [1.807, 2.05) is 60.7 Å².